The highest BCUT2D eigenvalue weighted by Gasteiger charge is 2.04. The minimum absolute atomic E-state index is 0.0440. The van der Waals surface area contributed by atoms with Crippen molar-refractivity contribution in [2.45, 2.75) is 71.8 Å². The molecule has 0 aliphatic heterocycles. The Balaban J connectivity index is 2.11. The van der Waals surface area contributed by atoms with E-state index in [1.54, 1.807) is 12.1 Å². The molecule has 22 heavy (non-hydrogen) atoms. The van der Waals surface area contributed by atoms with Gasteiger partial charge in [0.05, 0.1) is 0 Å². The Morgan fingerprint density at radius 2 is 1.50 bits per heavy atom. The first-order valence-corrected chi connectivity index (χ1v) is 8.39. The first-order chi connectivity index (χ1) is 10.6. The summed E-state index contributed by atoms with van der Waals surface area (Å²) in [5.41, 5.74) is 1.59. The summed E-state index contributed by atoms with van der Waals surface area (Å²) in [5.74, 6) is -0.0910. The van der Waals surface area contributed by atoms with Crippen molar-refractivity contribution in [1.29, 1.82) is 0 Å². The molecule has 3 nitrogen and oxygen atoms in total. The highest BCUT2D eigenvalue weighted by Crippen LogP contribution is 2.10. The molecule has 0 radical (unpaired) electrons. The van der Waals surface area contributed by atoms with Crippen LogP contribution in [0.15, 0.2) is 24.3 Å². The van der Waals surface area contributed by atoms with Crippen molar-refractivity contribution in [2.24, 2.45) is 0 Å². The molecular weight excluding hydrogens is 276 g/mol. The maximum atomic E-state index is 11.7. The number of Topliss-reactive ketones (excluding diaryl/α,β-unsaturated/α-hetero) is 1. The van der Waals surface area contributed by atoms with Crippen molar-refractivity contribution < 1.29 is 14.3 Å². The van der Waals surface area contributed by atoms with Crippen molar-refractivity contribution in [2.75, 3.05) is 0 Å². The molecule has 1 rings (SSSR count). The predicted octanol–water partition coefficient (Wildman–Crippen LogP) is 5.07. The fourth-order valence-electron chi connectivity index (χ4n) is 2.30. The number of unbranched alkanes of at least 4 members (excludes halogenated alkanes) is 6. The van der Waals surface area contributed by atoms with Crippen LogP contribution in [0.25, 0.3) is 0 Å². The standard InChI is InChI=1S/C19H28O3/c1-3-4-5-6-7-8-9-10-19(21)22-15-17-11-13-18(14-12-17)16(2)20/h11-14H,3-10,15H2,1-2H3. The van der Waals surface area contributed by atoms with Gasteiger partial charge in [-0.15, -0.1) is 0 Å². The first-order valence-electron chi connectivity index (χ1n) is 8.39. The Kier molecular flexibility index (Phi) is 9.20. The van der Waals surface area contributed by atoms with Gasteiger partial charge in [0.15, 0.2) is 5.78 Å². The molecule has 0 bridgehead atoms. The van der Waals surface area contributed by atoms with Crippen LogP contribution in [0.3, 0.4) is 0 Å². The molecule has 0 spiro atoms. The molecule has 3 heteroatoms. The number of ketones is 1. The summed E-state index contributed by atoms with van der Waals surface area (Å²) < 4.78 is 5.25. The van der Waals surface area contributed by atoms with Gasteiger partial charge in [-0.25, -0.2) is 0 Å². The average Bonchev–Trinajstić information content (AvgIpc) is 2.52. The third-order valence-electron chi connectivity index (χ3n) is 3.74. The fourth-order valence-corrected chi connectivity index (χ4v) is 2.30. The van der Waals surface area contributed by atoms with Crippen LogP contribution in [0.4, 0.5) is 0 Å². The van der Waals surface area contributed by atoms with Crippen molar-refractivity contribution >= 4 is 11.8 Å². The monoisotopic (exact) mass is 304 g/mol. The Hall–Kier alpha value is -1.64. The topological polar surface area (TPSA) is 43.4 Å². The Bertz CT molecular complexity index is 448. The van der Waals surface area contributed by atoms with E-state index in [0.717, 1.165) is 18.4 Å². The van der Waals surface area contributed by atoms with Crippen LogP contribution in [0.5, 0.6) is 0 Å². The molecule has 1 aromatic carbocycles. The van der Waals surface area contributed by atoms with Gasteiger partial charge in [-0.3, -0.25) is 9.59 Å². The number of rotatable bonds is 11. The van der Waals surface area contributed by atoms with Gasteiger partial charge in [-0.2, -0.15) is 0 Å². The number of ether oxygens (including phenoxy) is 1. The van der Waals surface area contributed by atoms with E-state index in [9.17, 15) is 9.59 Å². The summed E-state index contributed by atoms with van der Waals surface area (Å²) in [6, 6.07) is 7.19. The molecule has 0 saturated carbocycles. The zero-order valence-corrected chi connectivity index (χ0v) is 13.9. The van der Waals surface area contributed by atoms with Crippen molar-refractivity contribution in [3.63, 3.8) is 0 Å². The third-order valence-corrected chi connectivity index (χ3v) is 3.74. The van der Waals surface area contributed by atoms with Crippen LogP contribution in [-0.2, 0) is 16.1 Å². The summed E-state index contributed by atoms with van der Waals surface area (Å²) in [5, 5.41) is 0. The van der Waals surface area contributed by atoms with Gasteiger partial charge >= 0.3 is 5.97 Å². The molecule has 0 aromatic heterocycles. The average molecular weight is 304 g/mol. The lowest BCUT2D eigenvalue weighted by atomic mass is 10.1. The second kappa shape index (κ2) is 11.0. The highest BCUT2D eigenvalue weighted by molar-refractivity contribution is 5.94. The van der Waals surface area contributed by atoms with Gasteiger partial charge in [0.25, 0.3) is 0 Å². The zero-order chi connectivity index (χ0) is 16.2. The Labute approximate surface area is 134 Å². The Morgan fingerprint density at radius 3 is 2.09 bits per heavy atom. The van der Waals surface area contributed by atoms with Crippen LogP contribution >= 0.6 is 0 Å². The smallest absolute Gasteiger partial charge is 0.306 e. The lowest BCUT2D eigenvalue weighted by Gasteiger charge is -2.06. The van der Waals surface area contributed by atoms with Crippen LogP contribution in [-0.4, -0.2) is 11.8 Å². The van der Waals surface area contributed by atoms with Crippen molar-refractivity contribution in [3.8, 4) is 0 Å². The SMILES string of the molecule is CCCCCCCCCC(=O)OCc1ccc(C(C)=O)cc1. The molecule has 0 saturated heterocycles. The normalized spacial score (nSPS) is 10.5. The number of carbonyl (C=O) groups excluding carboxylic acids is 2. The number of carbonyl (C=O) groups is 2. The van der Waals surface area contributed by atoms with E-state index < -0.39 is 0 Å². The molecule has 0 heterocycles. The maximum Gasteiger partial charge on any atom is 0.306 e. The summed E-state index contributed by atoms with van der Waals surface area (Å²) in [7, 11) is 0. The van der Waals surface area contributed by atoms with E-state index in [2.05, 4.69) is 6.92 Å². The molecule has 122 valence electrons. The molecule has 0 amide bonds. The molecule has 0 aliphatic carbocycles. The summed E-state index contributed by atoms with van der Waals surface area (Å²) in [6.45, 7) is 4.04. The minimum atomic E-state index is -0.135. The Morgan fingerprint density at radius 1 is 0.909 bits per heavy atom. The van der Waals surface area contributed by atoms with Crippen molar-refractivity contribution in [3.05, 3.63) is 35.4 Å². The van der Waals surface area contributed by atoms with Gasteiger partial charge in [-0.05, 0) is 18.9 Å². The second-order valence-corrected chi connectivity index (χ2v) is 5.79. The quantitative estimate of drug-likeness (QED) is 0.325. The lowest BCUT2D eigenvalue weighted by Crippen LogP contribution is -2.04. The summed E-state index contributed by atoms with van der Waals surface area (Å²) >= 11 is 0. The van der Waals surface area contributed by atoms with Gasteiger partial charge in [0, 0.05) is 12.0 Å². The van der Waals surface area contributed by atoms with Crippen LogP contribution < -0.4 is 0 Å². The first kappa shape index (κ1) is 18.4. The third kappa shape index (κ3) is 7.96. The van der Waals surface area contributed by atoms with E-state index in [4.69, 9.17) is 4.74 Å². The minimum Gasteiger partial charge on any atom is -0.461 e. The molecule has 0 atom stereocenters. The summed E-state index contributed by atoms with van der Waals surface area (Å²) in [4.78, 5) is 22.8. The molecule has 1 aromatic rings. The van der Waals surface area contributed by atoms with Gasteiger partial charge in [0.1, 0.15) is 6.61 Å². The molecule has 0 fully saturated rings. The van der Waals surface area contributed by atoms with Gasteiger partial charge < -0.3 is 4.74 Å². The molecule has 0 aliphatic rings. The number of esters is 1. The van der Waals surface area contributed by atoms with Gasteiger partial charge in [-0.1, -0.05) is 69.7 Å². The van der Waals surface area contributed by atoms with E-state index in [-0.39, 0.29) is 18.4 Å². The molecule has 0 unspecified atom stereocenters. The van der Waals surface area contributed by atoms with Crippen molar-refractivity contribution in [1.82, 2.24) is 0 Å². The number of hydrogen-bond donors (Lipinski definition) is 0. The van der Waals surface area contributed by atoms with E-state index >= 15 is 0 Å². The van der Waals surface area contributed by atoms with Crippen LogP contribution in [0, 0.1) is 0 Å². The van der Waals surface area contributed by atoms with Crippen LogP contribution in [0.1, 0.15) is 81.1 Å². The number of benzene rings is 1. The largest absolute Gasteiger partial charge is 0.461 e. The fraction of sp³-hybridized carbons (Fsp3) is 0.579. The maximum absolute atomic E-state index is 11.7. The zero-order valence-electron chi connectivity index (χ0n) is 13.9. The van der Waals surface area contributed by atoms with Gasteiger partial charge in [0.2, 0.25) is 0 Å². The predicted molar refractivity (Wildman–Crippen MR) is 88.9 cm³/mol. The molecule has 0 N–H and O–H groups in total. The van der Waals surface area contributed by atoms with E-state index in [0.29, 0.717) is 12.0 Å². The van der Waals surface area contributed by atoms with Crippen LogP contribution in [0.2, 0.25) is 0 Å². The molecular formula is C19H28O3. The number of hydrogen-bond acceptors (Lipinski definition) is 3. The lowest BCUT2D eigenvalue weighted by molar-refractivity contribution is -0.145. The second-order valence-electron chi connectivity index (χ2n) is 5.79. The van der Waals surface area contributed by atoms with E-state index in [1.807, 2.05) is 12.1 Å². The van der Waals surface area contributed by atoms with E-state index in [1.165, 1.54) is 39.0 Å². The summed E-state index contributed by atoms with van der Waals surface area (Å²) in [6.07, 6.45) is 8.87. The highest BCUT2D eigenvalue weighted by atomic mass is 16.5.